The average molecular weight is 239 g/mol. The molecule has 0 bridgehead atoms. The Morgan fingerprint density at radius 3 is 2.41 bits per heavy atom. The van der Waals surface area contributed by atoms with Gasteiger partial charge < -0.3 is 0 Å². The highest BCUT2D eigenvalue weighted by atomic mass is 32.1. The van der Waals surface area contributed by atoms with Crippen LogP contribution in [0.1, 0.15) is 10.6 Å². The summed E-state index contributed by atoms with van der Waals surface area (Å²) in [6.07, 6.45) is 0. The molecule has 2 heteroatoms. The Balaban J connectivity index is 2.27. The predicted octanol–water partition coefficient (Wildman–Crippen LogP) is 4.53. The van der Waals surface area contributed by atoms with Gasteiger partial charge in [-0.05, 0) is 36.6 Å². The van der Waals surface area contributed by atoms with Gasteiger partial charge in [0.2, 0.25) is 0 Å². The molecule has 0 unspecified atom stereocenters. The summed E-state index contributed by atoms with van der Waals surface area (Å²) in [6, 6.07) is 12.8. The first kappa shape index (κ1) is 10.5. The molecule has 1 heterocycles. The van der Waals surface area contributed by atoms with E-state index in [2.05, 4.69) is 53.7 Å². The molecule has 0 amide bonds. The largest absolute Gasteiger partial charge is 0.242 e. The summed E-state index contributed by atoms with van der Waals surface area (Å²) >= 11 is 1.70. The molecule has 0 fully saturated rings. The summed E-state index contributed by atoms with van der Waals surface area (Å²) in [5.41, 5.74) is 6.26. The topological polar surface area (TPSA) is 12.9 Å². The Morgan fingerprint density at radius 2 is 1.71 bits per heavy atom. The van der Waals surface area contributed by atoms with Gasteiger partial charge in [0.25, 0.3) is 0 Å². The number of hydrogen-bond donors (Lipinski definition) is 0. The third-order valence-electron chi connectivity index (χ3n) is 3.01. The van der Waals surface area contributed by atoms with Gasteiger partial charge in [0, 0.05) is 10.9 Å². The molecule has 0 saturated heterocycles. The van der Waals surface area contributed by atoms with Crippen molar-refractivity contribution in [3.63, 3.8) is 0 Å². The minimum absolute atomic E-state index is 1.09. The molecule has 0 aromatic carbocycles. The van der Waals surface area contributed by atoms with Crippen molar-refractivity contribution in [1.82, 2.24) is 4.98 Å². The normalized spacial score (nSPS) is 10.9. The number of nitrogens with zero attached hydrogens (tertiary/aromatic N) is 1. The van der Waals surface area contributed by atoms with Crippen molar-refractivity contribution in [3.8, 4) is 22.4 Å². The van der Waals surface area contributed by atoms with Crippen molar-refractivity contribution in [3.05, 3.63) is 52.3 Å². The van der Waals surface area contributed by atoms with E-state index in [1.807, 2.05) is 6.92 Å². The first-order valence-electron chi connectivity index (χ1n) is 5.66. The van der Waals surface area contributed by atoms with Gasteiger partial charge in [0.15, 0.2) is 0 Å². The van der Waals surface area contributed by atoms with E-state index >= 15 is 0 Å². The van der Waals surface area contributed by atoms with E-state index in [0.717, 1.165) is 10.7 Å². The molecule has 2 aliphatic rings. The van der Waals surface area contributed by atoms with E-state index in [-0.39, 0.29) is 0 Å². The Morgan fingerprint density at radius 1 is 0.941 bits per heavy atom. The summed E-state index contributed by atoms with van der Waals surface area (Å²) in [4.78, 5) is 4.58. The second-order valence-corrected chi connectivity index (χ2v) is 5.29. The van der Waals surface area contributed by atoms with E-state index in [4.69, 9.17) is 0 Å². The maximum absolute atomic E-state index is 4.58. The van der Waals surface area contributed by atoms with E-state index in [0.29, 0.717) is 0 Å². The van der Waals surface area contributed by atoms with Gasteiger partial charge in [0.1, 0.15) is 0 Å². The molecule has 17 heavy (non-hydrogen) atoms. The summed E-state index contributed by atoms with van der Waals surface area (Å²) in [5.74, 6) is 0. The third-order valence-corrected chi connectivity index (χ3v) is 3.78. The number of hydrogen-bond acceptors (Lipinski definition) is 2. The third kappa shape index (κ3) is 1.75. The van der Waals surface area contributed by atoms with Crippen molar-refractivity contribution in [2.75, 3.05) is 0 Å². The van der Waals surface area contributed by atoms with Gasteiger partial charge in [-0.15, -0.1) is 11.3 Å². The van der Waals surface area contributed by atoms with E-state index < -0.39 is 0 Å². The second-order valence-electron chi connectivity index (χ2n) is 4.23. The van der Waals surface area contributed by atoms with Gasteiger partial charge in [-0.2, -0.15) is 0 Å². The summed E-state index contributed by atoms with van der Waals surface area (Å²) in [5, 5.41) is 3.25. The molecule has 0 spiro atoms. The Kier molecular flexibility index (Phi) is 2.45. The van der Waals surface area contributed by atoms with Crippen LogP contribution >= 0.6 is 11.3 Å². The molecule has 2 aliphatic carbocycles. The van der Waals surface area contributed by atoms with Crippen LogP contribution in [0.15, 0.2) is 41.8 Å². The number of thiazole rings is 1. The maximum atomic E-state index is 4.58. The maximum Gasteiger partial charge on any atom is 0.0901 e. The van der Waals surface area contributed by atoms with Crippen LogP contribution in [0.5, 0.6) is 0 Å². The van der Waals surface area contributed by atoms with Crippen LogP contribution in [0.4, 0.5) is 0 Å². The Labute approximate surface area is 105 Å². The lowest BCUT2D eigenvalue weighted by Gasteiger charge is -1.97. The van der Waals surface area contributed by atoms with Crippen molar-refractivity contribution in [2.24, 2.45) is 0 Å². The highest BCUT2D eigenvalue weighted by Crippen LogP contribution is 2.38. The molecular weight excluding hydrogens is 226 g/mol. The van der Waals surface area contributed by atoms with Crippen LogP contribution in [-0.2, 0) is 0 Å². The molecule has 0 atom stereocenters. The van der Waals surface area contributed by atoms with Crippen LogP contribution in [0.25, 0.3) is 22.4 Å². The SMILES string of the molecule is Cc1nc(-c2cc(C)c3cccccc2-3)cs1. The summed E-state index contributed by atoms with van der Waals surface area (Å²) < 4.78 is 0. The lowest BCUT2D eigenvalue weighted by Crippen LogP contribution is -1.77. The molecule has 1 aromatic heterocycles. The second kappa shape index (κ2) is 3.97. The molecule has 0 saturated carbocycles. The fourth-order valence-electron chi connectivity index (χ4n) is 2.20. The fraction of sp³-hybridized carbons (Fsp3) is 0.133. The Hall–Kier alpha value is -1.67. The van der Waals surface area contributed by atoms with Crippen molar-refractivity contribution in [2.45, 2.75) is 13.8 Å². The number of fused-ring (bicyclic) bond motifs is 1. The summed E-state index contributed by atoms with van der Waals surface area (Å²) in [7, 11) is 0. The smallest absolute Gasteiger partial charge is 0.0901 e. The van der Waals surface area contributed by atoms with E-state index in [1.54, 1.807) is 11.3 Å². The van der Waals surface area contributed by atoms with Gasteiger partial charge in [0.05, 0.1) is 10.7 Å². The molecule has 0 aliphatic heterocycles. The predicted molar refractivity (Wildman–Crippen MR) is 73.6 cm³/mol. The van der Waals surface area contributed by atoms with E-state index in [9.17, 15) is 0 Å². The molecule has 0 N–H and O–H groups in total. The summed E-state index contributed by atoms with van der Waals surface area (Å²) in [6.45, 7) is 4.21. The Bertz CT molecular complexity index is 639. The van der Waals surface area contributed by atoms with Gasteiger partial charge in [-0.3, -0.25) is 0 Å². The van der Waals surface area contributed by atoms with Gasteiger partial charge in [-0.25, -0.2) is 4.98 Å². The van der Waals surface area contributed by atoms with Crippen LogP contribution < -0.4 is 0 Å². The standard InChI is InChI=1S/C15H13NS/c1-10-8-14(15-9-17-11(2)16-15)13-7-5-3-4-6-12(10)13/h3-9H,1-2H3. The first-order chi connectivity index (χ1) is 8.25. The minimum atomic E-state index is 1.09. The fourth-order valence-corrected chi connectivity index (χ4v) is 2.81. The minimum Gasteiger partial charge on any atom is -0.242 e. The zero-order chi connectivity index (χ0) is 11.8. The zero-order valence-electron chi connectivity index (χ0n) is 9.90. The monoisotopic (exact) mass is 239 g/mol. The lowest BCUT2D eigenvalue weighted by molar-refractivity contribution is 1.30. The highest BCUT2D eigenvalue weighted by molar-refractivity contribution is 7.09. The molecule has 3 rings (SSSR count). The van der Waals surface area contributed by atoms with Crippen LogP contribution in [0.3, 0.4) is 0 Å². The zero-order valence-corrected chi connectivity index (χ0v) is 10.7. The quantitative estimate of drug-likeness (QED) is 0.608. The number of aryl methyl sites for hydroxylation is 2. The van der Waals surface area contributed by atoms with Crippen molar-refractivity contribution < 1.29 is 0 Å². The molecular formula is C15H13NS. The van der Waals surface area contributed by atoms with Crippen molar-refractivity contribution >= 4 is 11.3 Å². The van der Waals surface area contributed by atoms with Crippen molar-refractivity contribution in [1.29, 1.82) is 0 Å². The lowest BCUT2D eigenvalue weighted by atomic mass is 10.1. The van der Waals surface area contributed by atoms with Crippen LogP contribution in [0.2, 0.25) is 0 Å². The number of aromatic nitrogens is 1. The average Bonchev–Trinajstić information content (AvgIpc) is 2.75. The molecule has 1 nitrogen and oxygen atoms in total. The molecule has 1 aromatic rings. The van der Waals surface area contributed by atoms with Crippen LogP contribution in [0, 0.1) is 13.8 Å². The molecule has 84 valence electrons. The van der Waals surface area contributed by atoms with E-state index in [1.165, 1.54) is 22.3 Å². The molecule has 0 radical (unpaired) electrons. The highest BCUT2D eigenvalue weighted by Gasteiger charge is 2.14. The first-order valence-corrected chi connectivity index (χ1v) is 6.54. The van der Waals surface area contributed by atoms with Gasteiger partial charge >= 0.3 is 0 Å². The van der Waals surface area contributed by atoms with Gasteiger partial charge in [-0.1, -0.05) is 30.3 Å². The van der Waals surface area contributed by atoms with Crippen LogP contribution in [-0.4, -0.2) is 4.98 Å². The number of rotatable bonds is 1.